The van der Waals surface area contributed by atoms with Crippen LogP contribution >= 0.6 is 0 Å². The van der Waals surface area contributed by atoms with Crippen molar-refractivity contribution < 1.29 is 38.3 Å². The van der Waals surface area contributed by atoms with Gasteiger partial charge >= 0.3 is 0 Å². The number of aliphatic hydroxyl groups excluding tert-OH is 4. The molecule has 4 N–H and O–H groups in total. The fraction of sp³-hybridized carbons (Fsp3) is 0.364. The van der Waals surface area contributed by atoms with Gasteiger partial charge in [-0.15, -0.1) is 0 Å². The fourth-order valence-electron chi connectivity index (χ4n) is 3.81. The second kappa shape index (κ2) is 9.28. The summed E-state index contributed by atoms with van der Waals surface area (Å²) in [5.41, 5.74) is 1.24. The maximum Gasteiger partial charge on any atom is 0.268 e. The third-order valence-corrected chi connectivity index (χ3v) is 7.25. The van der Waals surface area contributed by atoms with Crippen LogP contribution < -0.4 is 0 Å². The van der Waals surface area contributed by atoms with Gasteiger partial charge < -0.3 is 29.9 Å². The predicted octanol–water partition coefficient (Wildman–Crippen LogP) is 0.237. The largest absolute Gasteiger partial charge is 0.394 e. The van der Waals surface area contributed by atoms with Crippen molar-refractivity contribution in [1.82, 2.24) is 3.97 Å². The van der Waals surface area contributed by atoms with Gasteiger partial charge in [-0.05, 0) is 30.2 Å². The number of aliphatic hydroxyl groups is 4. The maximum absolute atomic E-state index is 13.2. The van der Waals surface area contributed by atoms with E-state index < -0.39 is 47.3 Å². The number of nitrogens with zero attached hydrogens (tertiary/aromatic N) is 1. The highest BCUT2D eigenvalue weighted by molar-refractivity contribution is 7.90. The van der Waals surface area contributed by atoms with E-state index in [1.807, 2.05) is 12.1 Å². The Bertz CT molecular complexity index is 1160. The van der Waals surface area contributed by atoms with E-state index in [-0.39, 0.29) is 11.5 Å². The third-order valence-electron chi connectivity index (χ3n) is 5.56. The van der Waals surface area contributed by atoms with Gasteiger partial charge in [0, 0.05) is 11.6 Å². The summed E-state index contributed by atoms with van der Waals surface area (Å²) in [7, 11) is -3.80. The lowest BCUT2D eigenvalue weighted by atomic mass is 9.99. The molecule has 1 saturated heterocycles. The van der Waals surface area contributed by atoms with E-state index in [2.05, 4.69) is 0 Å². The second-order valence-electron chi connectivity index (χ2n) is 7.60. The minimum atomic E-state index is -3.80. The zero-order valence-corrected chi connectivity index (χ0v) is 17.9. The standard InChI is InChI=1S/C22H25NO8S/c24-13-18-19(25)20(26)21(27)22(31-18)30-11-10-14-12-23(17-9-5-4-8-16(14)17)32(28,29)15-6-2-1-3-7-15/h1-9,12,18-22,24-27H,10-11,13H2/t18-,19-,20+,21-,22+/m1/s1. The van der Waals surface area contributed by atoms with Crippen LogP contribution in [0, 0.1) is 0 Å². The highest BCUT2D eigenvalue weighted by Crippen LogP contribution is 2.27. The molecule has 3 aromatic rings. The van der Waals surface area contributed by atoms with Crippen molar-refractivity contribution >= 4 is 20.9 Å². The molecule has 1 aliphatic heterocycles. The Balaban J connectivity index is 1.55. The predicted molar refractivity (Wildman–Crippen MR) is 114 cm³/mol. The summed E-state index contributed by atoms with van der Waals surface area (Å²) in [5.74, 6) is 0. The van der Waals surface area contributed by atoms with Crippen molar-refractivity contribution in [3.05, 3.63) is 66.4 Å². The topological polar surface area (TPSA) is 138 Å². The quantitative estimate of drug-likeness (QED) is 0.391. The van der Waals surface area contributed by atoms with E-state index in [9.17, 15) is 28.8 Å². The molecule has 0 spiro atoms. The van der Waals surface area contributed by atoms with Crippen molar-refractivity contribution in [2.75, 3.05) is 13.2 Å². The maximum atomic E-state index is 13.2. The Hall–Kier alpha value is -2.31. The molecule has 172 valence electrons. The minimum absolute atomic E-state index is 0.0437. The average Bonchev–Trinajstić information content (AvgIpc) is 3.19. The highest BCUT2D eigenvalue weighted by atomic mass is 32.2. The summed E-state index contributed by atoms with van der Waals surface area (Å²) < 4.78 is 38.5. The molecule has 32 heavy (non-hydrogen) atoms. The van der Waals surface area contributed by atoms with E-state index >= 15 is 0 Å². The molecular formula is C22H25NO8S. The van der Waals surface area contributed by atoms with Gasteiger partial charge in [0.25, 0.3) is 10.0 Å². The lowest BCUT2D eigenvalue weighted by molar-refractivity contribution is -0.300. The molecule has 1 aromatic heterocycles. The van der Waals surface area contributed by atoms with Crippen LogP contribution in [0.2, 0.25) is 0 Å². The van der Waals surface area contributed by atoms with Gasteiger partial charge in [0.1, 0.15) is 24.4 Å². The molecule has 0 unspecified atom stereocenters. The van der Waals surface area contributed by atoms with Gasteiger partial charge in [-0.1, -0.05) is 36.4 Å². The first-order valence-electron chi connectivity index (χ1n) is 10.2. The first-order valence-corrected chi connectivity index (χ1v) is 11.6. The van der Waals surface area contributed by atoms with Crippen LogP contribution in [0.1, 0.15) is 5.56 Å². The van der Waals surface area contributed by atoms with Crippen LogP contribution in [-0.4, -0.2) is 76.7 Å². The number of hydrogen-bond acceptors (Lipinski definition) is 8. The summed E-state index contributed by atoms with van der Waals surface area (Å²) >= 11 is 0. The summed E-state index contributed by atoms with van der Waals surface area (Å²) in [6.07, 6.45) is -4.94. The fourth-order valence-corrected chi connectivity index (χ4v) is 5.22. The number of hydrogen-bond donors (Lipinski definition) is 4. The third kappa shape index (κ3) is 4.18. The van der Waals surface area contributed by atoms with Crippen molar-refractivity contribution in [2.24, 2.45) is 0 Å². The van der Waals surface area contributed by atoms with Gasteiger partial charge in [0.2, 0.25) is 0 Å². The summed E-state index contributed by atoms with van der Waals surface area (Å²) in [6.45, 7) is -0.502. The SMILES string of the molecule is O=S(=O)(c1ccccc1)n1cc(CCO[C@H]2O[C@H](CO)[C@@H](O)[C@H](O)[C@H]2O)c2ccccc21. The van der Waals surface area contributed by atoms with Crippen LogP contribution in [0.5, 0.6) is 0 Å². The highest BCUT2D eigenvalue weighted by Gasteiger charge is 2.43. The van der Waals surface area contributed by atoms with Crippen LogP contribution in [0.15, 0.2) is 65.7 Å². The van der Waals surface area contributed by atoms with Gasteiger partial charge in [-0.3, -0.25) is 0 Å². The van der Waals surface area contributed by atoms with Gasteiger partial charge in [0.05, 0.1) is 23.6 Å². The molecule has 5 atom stereocenters. The normalized spacial score (nSPS) is 26.4. The molecule has 1 aliphatic rings. The minimum Gasteiger partial charge on any atom is -0.394 e. The Labute approximate surface area is 185 Å². The molecular weight excluding hydrogens is 438 g/mol. The number of para-hydroxylation sites is 1. The molecule has 1 fully saturated rings. The van der Waals surface area contributed by atoms with Crippen molar-refractivity contribution in [3.63, 3.8) is 0 Å². The zero-order chi connectivity index (χ0) is 22.9. The van der Waals surface area contributed by atoms with Gasteiger partial charge in [-0.2, -0.15) is 0 Å². The Morgan fingerprint density at radius 2 is 1.62 bits per heavy atom. The lowest BCUT2D eigenvalue weighted by Crippen LogP contribution is -2.59. The number of rotatable bonds is 7. The molecule has 10 heteroatoms. The van der Waals surface area contributed by atoms with Crippen LogP contribution in [-0.2, 0) is 25.9 Å². The Morgan fingerprint density at radius 1 is 0.938 bits per heavy atom. The first-order chi connectivity index (χ1) is 15.3. The summed E-state index contributed by atoms with van der Waals surface area (Å²) in [4.78, 5) is 0.171. The van der Waals surface area contributed by atoms with E-state index in [1.54, 1.807) is 36.5 Å². The Kier molecular flexibility index (Phi) is 6.63. The monoisotopic (exact) mass is 463 g/mol. The number of fused-ring (bicyclic) bond motifs is 1. The van der Waals surface area contributed by atoms with Crippen LogP contribution in [0.3, 0.4) is 0 Å². The van der Waals surface area contributed by atoms with Crippen molar-refractivity contribution in [2.45, 2.75) is 42.0 Å². The van der Waals surface area contributed by atoms with Crippen LogP contribution in [0.4, 0.5) is 0 Å². The molecule has 0 saturated carbocycles. The van der Waals surface area contributed by atoms with Crippen LogP contribution in [0.25, 0.3) is 10.9 Å². The smallest absolute Gasteiger partial charge is 0.268 e. The summed E-state index contributed by atoms with van der Waals surface area (Å²) in [6, 6.07) is 15.2. The van der Waals surface area contributed by atoms with E-state index in [4.69, 9.17) is 9.47 Å². The average molecular weight is 464 g/mol. The molecule has 2 heterocycles. The molecule has 0 radical (unpaired) electrons. The molecule has 0 amide bonds. The van der Waals surface area contributed by atoms with Gasteiger partial charge in [-0.25, -0.2) is 12.4 Å². The molecule has 2 aromatic carbocycles. The molecule has 0 bridgehead atoms. The first kappa shape index (κ1) is 22.9. The Morgan fingerprint density at radius 3 is 2.34 bits per heavy atom. The number of ether oxygens (including phenoxy) is 2. The van der Waals surface area contributed by atoms with E-state index in [1.165, 1.54) is 16.1 Å². The molecule has 0 aliphatic carbocycles. The lowest BCUT2D eigenvalue weighted by Gasteiger charge is -2.39. The van der Waals surface area contributed by atoms with Crippen molar-refractivity contribution in [3.8, 4) is 0 Å². The number of benzene rings is 2. The second-order valence-corrected chi connectivity index (χ2v) is 9.42. The van der Waals surface area contributed by atoms with E-state index in [0.717, 1.165) is 5.39 Å². The van der Waals surface area contributed by atoms with Gasteiger partial charge in [0.15, 0.2) is 6.29 Å². The summed E-state index contributed by atoms with van der Waals surface area (Å²) in [5, 5.41) is 39.9. The molecule has 4 rings (SSSR count). The number of aromatic nitrogens is 1. The zero-order valence-electron chi connectivity index (χ0n) is 17.1. The molecule has 9 nitrogen and oxygen atoms in total. The van der Waals surface area contributed by atoms with Crippen molar-refractivity contribution in [1.29, 1.82) is 0 Å². The van der Waals surface area contributed by atoms with E-state index in [0.29, 0.717) is 17.5 Å².